The van der Waals surface area contributed by atoms with Gasteiger partial charge < -0.3 is 5.11 Å². The summed E-state index contributed by atoms with van der Waals surface area (Å²) >= 11 is 0. The summed E-state index contributed by atoms with van der Waals surface area (Å²) in [5.74, 6) is -2.40. The van der Waals surface area contributed by atoms with Gasteiger partial charge in [-0.1, -0.05) is 0 Å². The number of aliphatic imine (C=N–C) groups is 1. The Bertz CT molecular complexity index is 398. The highest BCUT2D eigenvalue weighted by Crippen LogP contribution is 2.20. The quantitative estimate of drug-likeness (QED) is 0.526. The molecule has 0 aliphatic carbocycles. The standard InChI is InChI=1S/C11H17N3O4/c1-11(2,3)14-9(17)7(6-12-4-5-15)8(16)13-10(14)18/h6-7,15H,4-5H2,1-3H3,(H,13,16,18)/t7-/m0/s1. The van der Waals surface area contributed by atoms with E-state index < -0.39 is 29.3 Å². The molecule has 0 radical (unpaired) electrons. The molecule has 1 fully saturated rings. The third kappa shape index (κ3) is 2.92. The van der Waals surface area contributed by atoms with Gasteiger partial charge in [-0.25, -0.2) is 4.79 Å². The van der Waals surface area contributed by atoms with E-state index >= 15 is 0 Å². The number of nitrogens with zero attached hydrogens (tertiary/aromatic N) is 2. The van der Waals surface area contributed by atoms with E-state index in [1.807, 2.05) is 0 Å². The second-order valence-corrected chi connectivity index (χ2v) is 4.90. The molecule has 7 nitrogen and oxygen atoms in total. The number of rotatable bonds is 3. The van der Waals surface area contributed by atoms with Gasteiger partial charge in [0, 0.05) is 11.8 Å². The fourth-order valence-corrected chi connectivity index (χ4v) is 1.59. The lowest BCUT2D eigenvalue weighted by atomic mass is 9.99. The van der Waals surface area contributed by atoms with E-state index in [4.69, 9.17) is 5.11 Å². The summed E-state index contributed by atoms with van der Waals surface area (Å²) in [7, 11) is 0. The topological polar surface area (TPSA) is 99.1 Å². The van der Waals surface area contributed by atoms with E-state index in [0.717, 1.165) is 4.90 Å². The van der Waals surface area contributed by atoms with Gasteiger partial charge in [0.2, 0.25) is 11.8 Å². The van der Waals surface area contributed by atoms with Gasteiger partial charge in [-0.3, -0.25) is 24.8 Å². The molecular formula is C11H17N3O4. The zero-order valence-electron chi connectivity index (χ0n) is 10.6. The maximum Gasteiger partial charge on any atom is 0.331 e. The van der Waals surface area contributed by atoms with Crippen molar-refractivity contribution in [3.05, 3.63) is 0 Å². The summed E-state index contributed by atoms with van der Waals surface area (Å²) in [6.07, 6.45) is 1.17. The van der Waals surface area contributed by atoms with E-state index in [2.05, 4.69) is 10.3 Å². The number of urea groups is 1. The van der Waals surface area contributed by atoms with Crippen molar-refractivity contribution < 1.29 is 19.5 Å². The van der Waals surface area contributed by atoms with Crippen LogP contribution in [0.5, 0.6) is 0 Å². The molecule has 4 amide bonds. The molecule has 1 saturated heterocycles. The van der Waals surface area contributed by atoms with Crippen molar-refractivity contribution in [2.24, 2.45) is 10.9 Å². The number of hydrogen-bond acceptors (Lipinski definition) is 5. The van der Waals surface area contributed by atoms with Crippen molar-refractivity contribution >= 4 is 24.1 Å². The second kappa shape index (κ2) is 5.26. The first-order valence-corrected chi connectivity index (χ1v) is 5.58. The highest BCUT2D eigenvalue weighted by molar-refractivity contribution is 6.23. The van der Waals surface area contributed by atoms with Crippen LogP contribution in [-0.4, -0.2) is 52.8 Å². The summed E-state index contributed by atoms with van der Waals surface area (Å²) in [6, 6.07) is -0.718. The molecule has 0 bridgehead atoms. The third-order valence-corrected chi connectivity index (χ3v) is 2.36. The molecular weight excluding hydrogens is 238 g/mol. The number of aliphatic hydroxyl groups excluding tert-OH is 1. The zero-order chi connectivity index (χ0) is 13.9. The van der Waals surface area contributed by atoms with Crippen LogP contribution in [0.4, 0.5) is 4.79 Å². The minimum absolute atomic E-state index is 0.112. The molecule has 1 aliphatic rings. The van der Waals surface area contributed by atoms with Gasteiger partial charge in [0.1, 0.15) is 0 Å². The molecule has 1 atom stereocenters. The molecule has 0 spiro atoms. The van der Waals surface area contributed by atoms with E-state index in [9.17, 15) is 14.4 Å². The van der Waals surface area contributed by atoms with Crippen molar-refractivity contribution in [3.63, 3.8) is 0 Å². The predicted octanol–water partition coefficient (Wildman–Crippen LogP) is -0.457. The Hall–Kier alpha value is -1.76. The molecule has 0 aromatic rings. The van der Waals surface area contributed by atoms with E-state index in [-0.39, 0.29) is 13.2 Å². The molecule has 1 heterocycles. The monoisotopic (exact) mass is 255 g/mol. The highest BCUT2D eigenvalue weighted by Gasteiger charge is 2.44. The van der Waals surface area contributed by atoms with Gasteiger partial charge in [0.05, 0.1) is 13.2 Å². The Morgan fingerprint density at radius 3 is 2.50 bits per heavy atom. The lowest BCUT2D eigenvalue weighted by molar-refractivity contribution is -0.142. The summed E-state index contributed by atoms with van der Waals surface area (Å²) in [4.78, 5) is 40.0. The van der Waals surface area contributed by atoms with Crippen LogP contribution in [-0.2, 0) is 9.59 Å². The number of carbonyl (C=O) groups excluding carboxylic acids is 3. The average molecular weight is 255 g/mol. The van der Waals surface area contributed by atoms with Crippen LogP contribution in [0.3, 0.4) is 0 Å². The van der Waals surface area contributed by atoms with E-state index in [1.54, 1.807) is 20.8 Å². The van der Waals surface area contributed by atoms with Crippen LogP contribution in [0, 0.1) is 5.92 Å². The van der Waals surface area contributed by atoms with E-state index in [0.29, 0.717) is 0 Å². The SMILES string of the molecule is CC(C)(C)N1C(=O)NC(=O)[C@H](C=NCCO)C1=O. The van der Waals surface area contributed by atoms with Crippen LogP contribution in [0.25, 0.3) is 0 Å². The van der Waals surface area contributed by atoms with Gasteiger partial charge in [0.25, 0.3) is 0 Å². The van der Waals surface area contributed by atoms with Gasteiger partial charge in [0.15, 0.2) is 5.92 Å². The van der Waals surface area contributed by atoms with Crippen LogP contribution in [0.15, 0.2) is 4.99 Å². The Kier molecular flexibility index (Phi) is 4.18. The number of hydrogen-bond donors (Lipinski definition) is 2. The maximum atomic E-state index is 12.1. The summed E-state index contributed by atoms with van der Waals surface area (Å²) in [5.41, 5.74) is -0.717. The Morgan fingerprint density at radius 2 is 2.00 bits per heavy atom. The van der Waals surface area contributed by atoms with E-state index in [1.165, 1.54) is 6.21 Å². The lowest BCUT2D eigenvalue weighted by Gasteiger charge is -2.37. The van der Waals surface area contributed by atoms with Gasteiger partial charge >= 0.3 is 6.03 Å². The first kappa shape index (κ1) is 14.3. The highest BCUT2D eigenvalue weighted by atomic mass is 16.3. The van der Waals surface area contributed by atoms with Crippen molar-refractivity contribution in [2.45, 2.75) is 26.3 Å². The maximum absolute atomic E-state index is 12.1. The molecule has 18 heavy (non-hydrogen) atoms. The molecule has 0 saturated carbocycles. The van der Waals surface area contributed by atoms with Gasteiger partial charge in [-0.2, -0.15) is 0 Å². The molecule has 0 unspecified atom stereocenters. The smallest absolute Gasteiger partial charge is 0.331 e. The Labute approximate surface area is 105 Å². The first-order chi connectivity index (χ1) is 8.29. The van der Waals surface area contributed by atoms with Crippen molar-refractivity contribution in [1.29, 1.82) is 0 Å². The van der Waals surface area contributed by atoms with Crippen LogP contribution < -0.4 is 5.32 Å². The minimum atomic E-state index is -1.12. The third-order valence-electron chi connectivity index (χ3n) is 2.36. The summed E-state index contributed by atoms with van der Waals surface area (Å²) < 4.78 is 0. The van der Waals surface area contributed by atoms with Gasteiger partial charge in [-0.15, -0.1) is 0 Å². The molecule has 100 valence electrons. The predicted molar refractivity (Wildman–Crippen MR) is 64.1 cm³/mol. The fraction of sp³-hybridized carbons (Fsp3) is 0.636. The average Bonchev–Trinajstić information content (AvgIpc) is 2.20. The summed E-state index contributed by atoms with van der Waals surface area (Å²) in [5, 5.41) is 10.7. The van der Waals surface area contributed by atoms with Crippen LogP contribution in [0.1, 0.15) is 20.8 Å². The normalized spacial score (nSPS) is 21.7. The Balaban J connectivity index is 2.96. The van der Waals surface area contributed by atoms with Crippen molar-refractivity contribution in [3.8, 4) is 0 Å². The molecule has 1 aliphatic heterocycles. The first-order valence-electron chi connectivity index (χ1n) is 5.58. The van der Waals surface area contributed by atoms with Crippen LogP contribution in [0.2, 0.25) is 0 Å². The van der Waals surface area contributed by atoms with Crippen molar-refractivity contribution in [1.82, 2.24) is 10.2 Å². The number of carbonyl (C=O) groups is 3. The largest absolute Gasteiger partial charge is 0.394 e. The minimum Gasteiger partial charge on any atom is -0.394 e. The number of aliphatic hydroxyl groups is 1. The number of imide groups is 2. The zero-order valence-corrected chi connectivity index (χ0v) is 10.6. The second-order valence-electron chi connectivity index (χ2n) is 4.90. The fourth-order valence-electron chi connectivity index (χ4n) is 1.59. The number of barbiturate groups is 1. The molecule has 7 heteroatoms. The molecule has 2 N–H and O–H groups in total. The molecule has 0 aromatic heterocycles. The number of nitrogens with one attached hydrogen (secondary N) is 1. The molecule has 0 aromatic carbocycles. The number of amides is 4. The lowest BCUT2D eigenvalue weighted by Crippen LogP contribution is -2.63. The van der Waals surface area contributed by atoms with Crippen LogP contribution >= 0.6 is 0 Å². The Morgan fingerprint density at radius 1 is 1.39 bits per heavy atom. The van der Waals surface area contributed by atoms with Crippen molar-refractivity contribution in [2.75, 3.05) is 13.2 Å². The molecule has 1 rings (SSSR count). The summed E-state index contributed by atoms with van der Waals surface area (Å²) in [6.45, 7) is 5.04. The van der Waals surface area contributed by atoms with Gasteiger partial charge in [-0.05, 0) is 20.8 Å².